The molecule has 1 fully saturated rings. The lowest BCUT2D eigenvalue weighted by Crippen LogP contribution is -2.22. The molecule has 1 saturated carbocycles. The maximum Gasteiger partial charge on any atom is 0.199 e. The molecule has 1 aliphatic rings. The number of rotatable bonds is 6. The van der Waals surface area contributed by atoms with Gasteiger partial charge in [-0.25, -0.2) is 4.68 Å². The Balaban J connectivity index is 1.59. The van der Waals surface area contributed by atoms with Crippen LogP contribution in [0.5, 0.6) is 0 Å². The molecule has 1 aliphatic carbocycles. The van der Waals surface area contributed by atoms with Gasteiger partial charge >= 0.3 is 0 Å². The van der Waals surface area contributed by atoms with E-state index in [9.17, 15) is 0 Å². The van der Waals surface area contributed by atoms with Crippen molar-refractivity contribution >= 4 is 46.8 Å². The van der Waals surface area contributed by atoms with E-state index in [-0.39, 0.29) is 0 Å². The lowest BCUT2D eigenvalue weighted by Gasteiger charge is -2.17. The average Bonchev–Trinajstić information content (AvgIpc) is 3.19. The molecule has 4 rings (SSSR count). The van der Waals surface area contributed by atoms with E-state index >= 15 is 0 Å². The third-order valence-corrected chi connectivity index (χ3v) is 6.50. The molecule has 0 unspecified atom stereocenters. The molecule has 3 aromatic rings. The molecule has 2 heterocycles. The van der Waals surface area contributed by atoms with Gasteiger partial charge in [-0.1, -0.05) is 41.4 Å². The van der Waals surface area contributed by atoms with Crippen LogP contribution in [0.15, 0.2) is 35.7 Å². The van der Waals surface area contributed by atoms with E-state index in [1.807, 2.05) is 29.9 Å². The molecular formula is C18H18Cl2N4S2. The number of benzene rings is 1. The van der Waals surface area contributed by atoms with Crippen molar-refractivity contribution in [3.8, 4) is 10.7 Å². The quantitative estimate of drug-likeness (QED) is 0.462. The normalized spacial score (nSPS) is 14.3. The van der Waals surface area contributed by atoms with Crippen LogP contribution >= 0.6 is 46.8 Å². The largest absolute Gasteiger partial charge is 0.296 e. The summed E-state index contributed by atoms with van der Waals surface area (Å²) in [7, 11) is 2.03. The van der Waals surface area contributed by atoms with Crippen molar-refractivity contribution in [3.05, 3.63) is 56.1 Å². The summed E-state index contributed by atoms with van der Waals surface area (Å²) in [6, 6.07) is 10.3. The molecule has 26 heavy (non-hydrogen) atoms. The zero-order chi connectivity index (χ0) is 18.3. The van der Waals surface area contributed by atoms with Crippen molar-refractivity contribution in [1.29, 1.82) is 0 Å². The number of halogens is 2. The average molecular weight is 425 g/mol. The van der Waals surface area contributed by atoms with Crippen LogP contribution in [0.1, 0.15) is 24.4 Å². The molecule has 0 amide bonds. The van der Waals surface area contributed by atoms with Crippen molar-refractivity contribution in [2.24, 2.45) is 0 Å². The van der Waals surface area contributed by atoms with E-state index in [2.05, 4.69) is 20.9 Å². The van der Waals surface area contributed by atoms with Gasteiger partial charge < -0.3 is 0 Å². The monoisotopic (exact) mass is 424 g/mol. The Labute approximate surface area is 171 Å². The Morgan fingerprint density at radius 2 is 2.08 bits per heavy atom. The van der Waals surface area contributed by atoms with Crippen LogP contribution in [0.3, 0.4) is 0 Å². The van der Waals surface area contributed by atoms with Gasteiger partial charge in [-0.15, -0.1) is 16.4 Å². The molecule has 4 nitrogen and oxygen atoms in total. The smallest absolute Gasteiger partial charge is 0.199 e. The Morgan fingerprint density at radius 3 is 2.77 bits per heavy atom. The molecule has 0 aliphatic heterocycles. The molecule has 0 radical (unpaired) electrons. The Hall–Kier alpha value is -1.18. The molecule has 0 N–H and O–H groups in total. The highest BCUT2D eigenvalue weighted by atomic mass is 35.5. The standard InChI is InChI=1S/C18H18Cl2N4S2/c1-22(10-12-4-2-5-14(19)16(12)20)11-23-18(25)24(13-7-8-13)17(21-23)15-6-3-9-26-15/h2-6,9,13H,7-8,10-11H2,1H3. The number of hydrogen-bond acceptors (Lipinski definition) is 4. The molecule has 0 saturated heterocycles. The van der Waals surface area contributed by atoms with E-state index in [1.165, 1.54) is 12.8 Å². The van der Waals surface area contributed by atoms with Crippen molar-refractivity contribution in [3.63, 3.8) is 0 Å². The molecule has 0 bridgehead atoms. The van der Waals surface area contributed by atoms with E-state index in [0.29, 0.717) is 29.3 Å². The third-order valence-electron chi connectivity index (χ3n) is 4.37. The van der Waals surface area contributed by atoms with Gasteiger partial charge in [-0.3, -0.25) is 9.47 Å². The lowest BCUT2D eigenvalue weighted by atomic mass is 10.2. The highest BCUT2D eigenvalue weighted by Crippen LogP contribution is 2.39. The summed E-state index contributed by atoms with van der Waals surface area (Å²) in [5, 5.41) is 8.07. The van der Waals surface area contributed by atoms with Gasteiger partial charge in [0.2, 0.25) is 0 Å². The molecule has 0 atom stereocenters. The van der Waals surface area contributed by atoms with Gasteiger partial charge in [0.15, 0.2) is 10.6 Å². The summed E-state index contributed by atoms with van der Waals surface area (Å²) in [5.74, 6) is 0.974. The molecule has 8 heteroatoms. The summed E-state index contributed by atoms with van der Waals surface area (Å²) in [6.45, 7) is 1.27. The number of aromatic nitrogens is 3. The maximum absolute atomic E-state index is 6.31. The van der Waals surface area contributed by atoms with Gasteiger partial charge in [-0.05, 0) is 55.2 Å². The maximum atomic E-state index is 6.31. The van der Waals surface area contributed by atoms with Crippen molar-refractivity contribution in [2.75, 3.05) is 7.05 Å². The minimum absolute atomic E-state index is 0.487. The summed E-state index contributed by atoms with van der Waals surface area (Å²) in [6.07, 6.45) is 2.35. The van der Waals surface area contributed by atoms with E-state index < -0.39 is 0 Å². The van der Waals surface area contributed by atoms with Crippen LogP contribution in [0.25, 0.3) is 10.7 Å². The Bertz CT molecular complexity index is 974. The highest BCUT2D eigenvalue weighted by Gasteiger charge is 2.29. The number of nitrogens with zero attached hydrogens (tertiary/aromatic N) is 4. The third kappa shape index (κ3) is 3.62. The second-order valence-electron chi connectivity index (χ2n) is 6.55. The minimum Gasteiger partial charge on any atom is -0.296 e. The van der Waals surface area contributed by atoms with Gasteiger partial charge in [0.1, 0.15) is 0 Å². The first-order valence-corrected chi connectivity index (χ1v) is 10.4. The fourth-order valence-corrected chi connectivity index (χ4v) is 4.41. The Morgan fingerprint density at radius 1 is 1.27 bits per heavy atom. The van der Waals surface area contributed by atoms with Crippen molar-refractivity contribution < 1.29 is 0 Å². The number of hydrogen-bond donors (Lipinski definition) is 0. The van der Waals surface area contributed by atoms with Crippen molar-refractivity contribution in [1.82, 2.24) is 19.2 Å². The zero-order valence-corrected chi connectivity index (χ0v) is 17.4. The second kappa shape index (κ2) is 7.44. The summed E-state index contributed by atoms with van der Waals surface area (Å²) < 4.78 is 4.89. The van der Waals surface area contributed by atoms with Gasteiger partial charge in [0, 0.05) is 12.6 Å². The predicted octanol–water partition coefficient (Wildman–Crippen LogP) is 5.87. The van der Waals surface area contributed by atoms with Crippen LogP contribution in [-0.2, 0) is 13.2 Å². The zero-order valence-electron chi connectivity index (χ0n) is 14.2. The van der Waals surface area contributed by atoms with Gasteiger partial charge in [-0.2, -0.15) is 0 Å². The van der Waals surface area contributed by atoms with E-state index in [0.717, 1.165) is 21.0 Å². The SMILES string of the molecule is CN(Cc1cccc(Cl)c1Cl)Cn1nc(-c2cccs2)n(C2CC2)c1=S. The lowest BCUT2D eigenvalue weighted by molar-refractivity contribution is 0.244. The van der Waals surface area contributed by atoms with Gasteiger partial charge in [0.05, 0.1) is 21.6 Å². The van der Waals surface area contributed by atoms with E-state index in [4.69, 9.17) is 40.5 Å². The second-order valence-corrected chi connectivity index (χ2v) is 8.65. The Kier molecular flexibility index (Phi) is 5.21. The molecule has 1 aromatic carbocycles. The first-order chi connectivity index (χ1) is 12.5. The van der Waals surface area contributed by atoms with Gasteiger partial charge in [0.25, 0.3) is 0 Å². The molecular weight excluding hydrogens is 407 g/mol. The van der Waals surface area contributed by atoms with Crippen LogP contribution < -0.4 is 0 Å². The predicted molar refractivity (Wildman–Crippen MR) is 111 cm³/mol. The summed E-state index contributed by atoms with van der Waals surface area (Å²) in [5.41, 5.74) is 0.994. The topological polar surface area (TPSA) is 26.0 Å². The molecule has 136 valence electrons. The first-order valence-electron chi connectivity index (χ1n) is 8.39. The van der Waals surface area contributed by atoms with Crippen molar-refractivity contribution in [2.45, 2.75) is 32.1 Å². The first kappa shape index (κ1) is 18.2. The molecule has 0 spiro atoms. The van der Waals surface area contributed by atoms with Crippen LogP contribution in [0.2, 0.25) is 10.0 Å². The van der Waals surface area contributed by atoms with Crippen LogP contribution in [0.4, 0.5) is 0 Å². The fourth-order valence-electron chi connectivity index (χ4n) is 2.99. The summed E-state index contributed by atoms with van der Waals surface area (Å²) in [4.78, 5) is 3.29. The minimum atomic E-state index is 0.487. The van der Waals surface area contributed by atoms with Crippen LogP contribution in [0, 0.1) is 4.77 Å². The van der Waals surface area contributed by atoms with Crippen LogP contribution in [-0.4, -0.2) is 26.3 Å². The summed E-state index contributed by atoms with van der Waals surface area (Å²) >= 11 is 19.9. The van der Waals surface area contributed by atoms with E-state index in [1.54, 1.807) is 17.4 Å². The molecule has 2 aromatic heterocycles. The fraction of sp³-hybridized carbons (Fsp3) is 0.333. The number of thiophene rings is 1. The highest BCUT2D eigenvalue weighted by molar-refractivity contribution is 7.71.